The van der Waals surface area contributed by atoms with E-state index in [0.717, 1.165) is 5.56 Å². The summed E-state index contributed by atoms with van der Waals surface area (Å²) in [7, 11) is 0. The normalized spacial score (nSPS) is 10.4. The first kappa shape index (κ1) is 12.1. The zero-order chi connectivity index (χ0) is 13.8. The molecule has 3 heterocycles. The van der Waals surface area contributed by atoms with Gasteiger partial charge in [-0.3, -0.25) is 4.98 Å². The highest BCUT2D eigenvalue weighted by Crippen LogP contribution is 2.21. The molecule has 7 heteroatoms. The maximum atomic E-state index is 6.07. The fourth-order valence-electron chi connectivity index (χ4n) is 1.79. The zero-order valence-corrected chi connectivity index (χ0v) is 10.6. The average Bonchev–Trinajstić information content (AvgIpc) is 3.01. The van der Waals surface area contributed by atoms with E-state index in [9.17, 15) is 0 Å². The van der Waals surface area contributed by atoms with E-state index in [1.807, 2.05) is 18.2 Å². The molecule has 3 aromatic heterocycles. The second-order valence-electron chi connectivity index (χ2n) is 4.13. The molecule has 100 valence electrons. The quantitative estimate of drug-likeness (QED) is 0.738. The Labute approximate surface area is 115 Å². The van der Waals surface area contributed by atoms with Gasteiger partial charge in [-0.1, -0.05) is 6.07 Å². The molecule has 0 unspecified atom stereocenters. The van der Waals surface area contributed by atoms with Gasteiger partial charge < -0.3 is 11.1 Å². The molecule has 0 saturated carbocycles. The van der Waals surface area contributed by atoms with Gasteiger partial charge in [-0.15, -0.1) is 0 Å². The lowest BCUT2D eigenvalue weighted by Crippen LogP contribution is -2.10. The molecule has 3 aromatic rings. The molecule has 0 aliphatic carbocycles. The molecular formula is C13H13N7. The van der Waals surface area contributed by atoms with E-state index in [2.05, 4.69) is 25.4 Å². The molecule has 3 N–H and O–H groups in total. The van der Waals surface area contributed by atoms with E-state index < -0.39 is 0 Å². The van der Waals surface area contributed by atoms with Gasteiger partial charge >= 0.3 is 0 Å². The van der Waals surface area contributed by atoms with E-state index in [-0.39, 0.29) is 0 Å². The number of hydrogen-bond donors (Lipinski definition) is 2. The van der Waals surface area contributed by atoms with Crippen LogP contribution < -0.4 is 11.1 Å². The molecule has 20 heavy (non-hydrogen) atoms. The van der Waals surface area contributed by atoms with Crippen LogP contribution in [0, 0.1) is 0 Å². The lowest BCUT2D eigenvalue weighted by Gasteiger charge is -2.10. The predicted molar refractivity (Wildman–Crippen MR) is 75.1 cm³/mol. The first-order valence-corrected chi connectivity index (χ1v) is 6.08. The van der Waals surface area contributed by atoms with Gasteiger partial charge in [0.15, 0.2) is 11.6 Å². The number of nitrogen functional groups attached to an aromatic ring is 1. The molecule has 0 amide bonds. The topological polar surface area (TPSA) is 94.5 Å². The smallest absolute Gasteiger partial charge is 0.181 e. The van der Waals surface area contributed by atoms with E-state index in [0.29, 0.717) is 23.9 Å². The van der Waals surface area contributed by atoms with E-state index in [1.54, 1.807) is 29.5 Å². The van der Waals surface area contributed by atoms with Crippen LogP contribution in [0.2, 0.25) is 0 Å². The van der Waals surface area contributed by atoms with Crippen molar-refractivity contribution in [2.45, 2.75) is 6.54 Å². The van der Waals surface area contributed by atoms with Crippen molar-refractivity contribution in [2.75, 3.05) is 11.1 Å². The number of rotatable bonds is 4. The number of pyridine rings is 1. The SMILES string of the molecule is Nc1c(NCc2cccnc2)ncnc1-n1cccn1. The van der Waals surface area contributed by atoms with Crippen LogP contribution in [0.15, 0.2) is 49.3 Å². The van der Waals surface area contributed by atoms with Crippen molar-refractivity contribution in [2.24, 2.45) is 0 Å². The summed E-state index contributed by atoms with van der Waals surface area (Å²) in [6.07, 6.45) is 8.43. The van der Waals surface area contributed by atoms with Crippen LogP contribution in [0.1, 0.15) is 5.56 Å². The maximum absolute atomic E-state index is 6.07. The van der Waals surface area contributed by atoms with Crippen molar-refractivity contribution in [3.8, 4) is 5.82 Å². The Morgan fingerprint density at radius 2 is 2.15 bits per heavy atom. The summed E-state index contributed by atoms with van der Waals surface area (Å²) in [5.74, 6) is 1.13. The number of anilines is 2. The summed E-state index contributed by atoms with van der Waals surface area (Å²) in [5.41, 5.74) is 7.58. The minimum Gasteiger partial charge on any atom is -0.393 e. The number of nitrogens with two attached hydrogens (primary N) is 1. The fraction of sp³-hybridized carbons (Fsp3) is 0.0769. The minimum absolute atomic E-state index is 0.458. The van der Waals surface area contributed by atoms with Crippen LogP contribution in [0.4, 0.5) is 11.5 Å². The van der Waals surface area contributed by atoms with Crippen LogP contribution in [-0.2, 0) is 6.54 Å². The predicted octanol–water partition coefficient (Wildman–Crippen LogP) is 1.25. The molecule has 0 bridgehead atoms. The molecule has 0 fully saturated rings. The fourth-order valence-corrected chi connectivity index (χ4v) is 1.79. The van der Waals surface area contributed by atoms with Crippen molar-refractivity contribution in [3.63, 3.8) is 0 Å². The van der Waals surface area contributed by atoms with Gasteiger partial charge in [0.05, 0.1) is 0 Å². The number of nitrogens with zero attached hydrogens (tertiary/aromatic N) is 5. The van der Waals surface area contributed by atoms with Crippen LogP contribution >= 0.6 is 0 Å². The molecule has 0 saturated heterocycles. The lowest BCUT2D eigenvalue weighted by molar-refractivity contribution is 0.842. The van der Waals surface area contributed by atoms with Gasteiger partial charge in [-0.2, -0.15) is 5.10 Å². The average molecular weight is 267 g/mol. The van der Waals surface area contributed by atoms with Gasteiger partial charge in [-0.25, -0.2) is 14.6 Å². The number of hydrogen-bond acceptors (Lipinski definition) is 6. The second-order valence-corrected chi connectivity index (χ2v) is 4.13. The molecule has 0 radical (unpaired) electrons. The van der Waals surface area contributed by atoms with E-state index >= 15 is 0 Å². The Morgan fingerprint density at radius 1 is 1.20 bits per heavy atom. The third-order valence-corrected chi connectivity index (χ3v) is 2.77. The standard InChI is InChI=1S/C13H13N7/c14-11-12(16-8-10-3-1-4-15-7-10)17-9-18-13(11)20-6-2-5-19-20/h1-7,9H,8,14H2,(H,16,17,18). The molecular weight excluding hydrogens is 254 g/mol. The van der Waals surface area contributed by atoms with Gasteiger partial charge in [0.1, 0.15) is 12.0 Å². The van der Waals surface area contributed by atoms with Crippen molar-refractivity contribution < 1.29 is 0 Å². The summed E-state index contributed by atoms with van der Waals surface area (Å²) < 4.78 is 1.60. The Bertz CT molecular complexity index is 679. The second kappa shape index (κ2) is 5.35. The van der Waals surface area contributed by atoms with Crippen molar-refractivity contribution in [3.05, 3.63) is 54.9 Å². The Hall–Kier alpha value is -2.96. The van der Waals surface area contributed by atoms with Crippen LogP contribution in [0.3, 0.4) is 0 Å². The monoisotopic (exact) mass is 267 g/mol. The largest absolute Gasteiger partial charge is 0.393 e. The molecule has 0 spiro atoms. The zero-order valence-electron chi connectivity index (χ0n) is 10.6. The highest BCUT2D eigenvalue weighted by atomic mass is 15.3. The minimum atomic E-state index is 0.458. The molecule has 0 aliphatic rings. The molecule has 3 rings (SSSR count). The van der Waals surface area contributed by atoms with Crippen molar-refractivity contribution in [1.29, 1.82) is 0 Å². The van der Waals surface area contributed by atoms with Gasteiger partial charge in [0.25, 0.3) is 0 Å². The molecule has 7 nitrogen and oxygen atoms in total. The first-order valence-electron chi connectivity index (χ1n) is 6.08. The number of nitrogens with one attached hydrogen (secondary N) is 1. The summed E-state index contributed by atoms with van der Waals surface area (Å²) in [4.78, 5) is 12.4. The number of aromatic nitrogens is 5. The maximum Gasteiger partial charge on any atom is 0.181 e. The van der Waals surface area contributed by atoms with Crippen LogP contribution in [0.5, 0.6) is 0 Å². The Balaban J connectivity index is 1.82. The Morgan fingerprint density at radius 3 is 2.90 bits per heavy atom. The molecule has 0 atom stereocenters. The third-order valence-electron chi connectivity index (χ3n) is 2.77. The van der Waals surface area contributed by atoms with Crippen molar-refractivity contribution in [1.82, 2.24) is 24.7 Å². The first-order chi connectivity index (χ1) is 9.84. The van der Waals surface area contributed by atoms with Gasteiger partial charge in [-0.05, 0) is 17.7 Å². The van der Waals surface area contributed by atoms with E-state index in [1.165, 1.54) is 6.33 Å². The van der Waals surface area contributed by atoms with Gasteiger partial charge in [0.2, 0.25) is 0 Å². The summed E-state index contributed by atoms with van der Waals surface area (Å²) in [5, 5.41) is 7.29. The van der Waals surface area contributed by atoms with Gasteiger partial charge in [0, 0.05) is 31.3 Å². The van der Waals surface area contributed by atoms with E-state index in [4.69, 9.17) is 5.73 Å². The molecule has 0 aromatic carbocycles. The summed E-state index contributed by atoms with van der Waals surface area (Å²) in [6.45, 7) is 0.591. The third kappa shape index (κ3) is 2.41. The highest BCUT2D eigenvalue weighted by Gasteiger charge is 2.09. The summed E-state index contributed by atoms with van der Waals surface area (Å²) in [6, 6.07) is 5.67. The molecule has 0 aliphatic heterocycles. The van der Waals surface area contributed by atoms with Crippen molar-refractivity contribution >= 4 is 11.5 Å². The summed E-state index contributed by atoms with van der Waals surface area (Å²) >= 11 is 0. The Kier molecular flexibility index (Phi) is 3.24. The van der Waals surface area contributed by atoms with Crippen LogP contribution in [0.25, 0.3) is 5.82 Å². The highest BCUT2D eigenvalue weighted by molar-refractivity contribution is 5.68. The lowest BCUT2D eigenvalue weighted by atomic mass is 10.3. The van der Waals surface area contributed by atoms with Crippen LogP contribution in [-0.4, -0.2) is 24.7 Å².